The average Bonchev–Trinajstić information content (AvgIpc) is 3.31. The molecule has 33 heavy (non-hydrogen) atoms. The second-order valence-corrected chi connectivity index (χ2v) is 6.84. The van der Waals surface area contributed by atoms with Gasteiger partial charge in [0.05, 0.1) is 46.7 Å². The Morgan fingerprint density at radius 2 is 1.58 bits per heavy atom. The highest BCUT2D eigenvalue weighted by molar-refractivity contribution is 5.95. The fourth-order valence-corrected chi connectivity index (χ4v) is 3.27. The van der Waals surface area contributed by atoms with Gasteiger partial charge in [0.1, 0.15) is 5.75 Å². The summed E-state index contributed by atoms with van der Waals surface area (Å²) in [5.41, 5.74) is 2.37. The highest BCUT2D eigenvalue weighted by Crippen LogP contribution is 2.44. The van der Waals surface area contributed by atoms with Gasteiger partial charge in [-0.15, -0.1) is 0 Å². The van der Waals surface area contributed by atoms with E-state index in [4.69, 9.17) is 28.6 Å². The highest BCUT2D eigenvalue weighted by Gasteiger charge is 2.20. The van der Waals surface area contributed by atoms with E-state index in [0.717, 1.165) is 0 Å². The van der Waals surface area contributed by atoms with Crippen LogP contribution in [0.25, 0.3) is 22.5 Å². The molecule has 0 spiro atoms. The molecule has 3 aromatic rings. The molecule has 0 bridgehead atoms. The number of ether oxygens (including phenoxy) is 4. The third kappa shape index (κ3) is 5.17. The Bertz CT molecular complexity index is 1130. The van der Waals surface area contributed by atoms with E-state index < -0.39 is 11.9 Å². The van der Waals surface area contributed by atoms with Gasteiger partial charge in [0, 0.05) is 17.5 Å². The predicted octanol–water partition coefficient (Wildman–Crippen LogP) is 3.85. The maximum atomic E-state index is 12.2. The van der Waals surface area contributed by atoms with Crippen molar-refractivity contribution in [1.82, 2.24) is 5.16 Å². The topological polar surface area (TPSA) is 129 Å². The first-order valence-corrected chi connectivity index (χ1v) is 9.86. The molecule has 0 radical (unpaired) electrons. The predicted molar refractivity (Wildman–Crippen MR) is 119 cm³/mol. The lowest BCUT2D eigenvalue weighted by Gasteiger charge is -2.14. The minimum atomic E-state index is -1.05. The zero-order chi connectivity index (χ0) is 24.0. The maximum Gasteiger partial charge on any atom is 0.303 e. The molecular weight excluding hydrogens is 432 g/mol. The van der Waals surface area contributed by atoms with Crippen molar-refractivity contribution in [1.29, 1.82) is 0 Å². The molecular formula is C23H24N2O8. The summed E-state index contributed by atoms with van der Waals surface area (Å²) in [4.78, 5) is 22.9. The van der Waals surface area contributed by atoms with Crippen molar-refractivity contribution in [3.63, 3.8) is 0 Å². The van der Waals surface area contributed by atoms with Gasteiger partial charge in [-0.3, -0.25) is 9.59 Å². The number of benzene rings is 2. The van der Waals surface area contributed by atoms with Gasteiger partial charge in [0.2, 0.25) is 11.7 Å². The Labute approximate surface area is 190 Å². The third-order valence-corrected chi connectivity index (χ3v) is 4.85. The van der Waals surface area contributed by atoms with Crippen LogP contribution >= 0.6 is 0 Å². The summed E-state index contributed by atoms with van der Waals surface area (Å²) in [5, 5.41) is 15.4. The van der Waals surface area contributed by atoms with Crippen molar-refractivity contribution in [2.24, 2.45) is 0 Å². The van der Waals surface area contributed by atoms with Gasteiger partial charge in [-0.1, -0.05) is 11.2 Å². The van der Waals surface area contributed by atoms with Crippen molar-refractivity contribution in [2.75, 3.05) is 33.8 Å². The summed E-state index contributed by atoms with van der Waals surface area (Å²) < 4.78 is 27.1. The van der Waals surface area contributed by atoms with Crippen molar-refractivity contribution in [3.05, 3.63) is 36.5 Å². The fraction of sp³-hybridized carbons (Fsp3) is 0.261. The normalized spacial score (nSPS) is 10.4. The molecule has 0 fully saturated rings. The summed E-state index contributed by atoms with van der Waals surface area (Å²) in [6, 6.07) is 8.66. The van der Waals surface area contributed by atoms with Crippen LogP contribution in [0.5, 0.6) is 23.0 Å². The molecule has 0 atom stereocenters. The minimum Gasteiger partial charge on any atom is -0.495 e. The van der Waals surface area contributed by atoms with E-state index in [0.29, 0.717) is 51.1 Å². The van der Waals surface area contributed by atoms with E-state index in [9.17, 15) is 9.59 Å². The molecule has 1 heterocycles. The lowest BCUT2D eigenvalue weighted by Crippen LogP contribution is -2.13. The first kappa shape index (κ1) is 23.5. The number of aliphatic carboxylic acids is 1. The Balaban J connectivity index is 2.01. The molecule has 1 aromatic heterocycles. The number of rotatable bonds is 10. The van der Waals surface area contributed by atoms with Gasteiger partial charge >= 0.3 is 5.97 Å². The van der Waals surface area contributed by atoms with Crippen molar-refractivity contribution < 1.29 is 38.2 Å². The van der Waals surface area contributed by atoms with Gasteiger partial charge in [-0.05, 0) is 29.8 Å². The zero-order valence-corrected chi connectivity index (χ0v) is 18.6. The molecule has 0 unspecified atom stereocenters. The van der Waals surface area contributed by atoms with E-state index in [1.807, 2.05) is 0 Å². The first-order valence-electron chi connectivity index (χ1n) is 9.86. The second-order valence-electron chi connectivity index (χ2n) is 6.84. The van der Waals surface area contributed by atoms with E-state index in [2.05, 4.69) is 10.5 Å². The number of aromatic nitrogens is 1. The van der Waals surface area contributed by atoms with E-state index in [-0.39, 0.29) is 12.8 Å². The van der Waals surface area contributed by atoms with Crippen molar-refractivity contribution in [2.45, 2.75) is 12.8 Å². The molecule has 174 valence electrons. The molecule has 1 amide bonds. The number of nitrogens with zero attached hydrogens (tertiary/aromatic N) is 1. The SMILES string of the molecule is COc1ccc(-c2cnoc2-c2cc(OC)c(OC)c(OC)c2)cc1NC(=O)CCC(=O)O. The zero-order valence-electron chi connectivity index (χ0n) is 18.6. The Kier molecular flexibility index (Phi) is 7.39. The summed E-state index contributed by atoms with van der Waals surface area (Å²) >= 11 is 0. The molecule has 2 N–H and O–H groups in total. The van der Waals surface area contributed by atoms with Crippen molar-refractivity contribution >= 4 is 17.6 Å². The van der Waals surface area contributed by atoms with Crippen LogP contribution in [0.4, 0.5) is 5.69 Å². The van der Waals surface area contributed by atoms with Crippen LogP contribution in [0.2, 0.25) is 0 Å². The van der Waals surface area contributed by atoms with Gasteiger partial charge < -0.3 is 33.9 Å². The summed E-state index contributed by atoms with van der Waals surface area (Å²) in [6.45, 7) is 0. The lowest BCUT2D eigenvalue weighted by atomic mass is 10.0. The highest BCUT2D eigenvalue weighted by atomic mass is 16.5. The fourth-order valence-electron chi connectivity index (χ4n) is 3.27. The monoisotopic (exact) mass is 456 g/mol. The molecule has 2 aromatic carbocycles. The number of carboxylic acid groups (broad SMARTS) is 1. The first-order chi connectivity index (χ1) is 15.9. The number of nitrogens with one attached hydrogen (secondary N) is 1. The largest absolute Gasteiger partial charge is 0.495 e. The van der Waals surface area contributed by atoms with Crippen LogP contribution < -0.4 is 24.3 Å². The van der Waals surface area contributed by atoms with Crippen LogP contribution in [0.15, 0.2) is 41.1 Å². The molecule has 10 heteroatoms. The van der Waals surface area contributed by atoms with Crippen LogP contribution in [0.3, 0.4) is 0 Å². The summed E-state index contributed by atoms with van der Waals surface area (Å²) in [5.74, 6) is 0.732. The number of amides is 1. The molecule has 3 rings (SSSR count). The van der Waals surface area contributed by atoms with Crippen LogP contribution in [-0.4, -0.2) is 50.6 Å². The van der Waals surface area contributed by atoms with Crippen LogP contribution in [0, 0.1) is 0 Å². The molecule has 0 aliphatic heterocycles. The third-order valence-electron chi connectivity index (χ3n) is 4.85. The summed E-state index contributed by atoms with van der Waals surface area (Å²) in [7, 11) is 6.03. The molecule has 0 saturated carbocycles. The smallest absolute Gasteiger partial charge is 0.303 e. The van der Waals surface area contributed by atoms with Crippen molar-refractivity contribution in [3.8, 4) is 45.4 Å². The summed E-state index contributed by atoms with van der Waals surface area (Å²) in [6.07, 6.45) is 1.12. The van der Waals surface area contributed by atoms with Crippen LogP contribution in [-0.2, 0) is 9.59 Å². The number of methoxy groups -OCH3 is 4. The van der Waals surface area contributed by atoms with Crippen LogP contribution in [0.1, 0.15) is 12.8 Å². The molecule has 10 nitrogen and oxygen atoms in total. The van der Waals surface area contributed by atoms with E-state index in [1.165, 1.54) is 28.4 Å². The number of anilines is 1. The quantitative estimate of drug-likeness (QED) is 0.467. The van der Waals surface area contributed by atoms with Gasteiger partial charge in [-0.25, -0.2) is 0 Å². The number of carboxylic acids is 1. The minimum absolute atomic E-state index is 0.160. The van der Waals surface area contributed by atoms with Gasteiger partial charge in [-0.2, -0.15) is 0 Å². The Morgan fingerprint density at radius 3 is 2.15 bits per heavy atom. The molecule has 0 saturated heterocycles. The van der Waals surface area contributed by atoms with E-state index in [1.54, 1.807) is 36.5 Å². The second kappa shape index (κ2) is 10.4. The number of carbonyl (C=O) groups excluding carboxylic acids is 1. The van der Waals surface area contributed by atoms with E-state index >= 15 is 0 Å². The number of hydrogen-bond acceptors (Lipinski definition) is 8. The average molecular weight is 456 g/mol. The standard InChI is InChI=1S/C23H24N2O8/c1-29-17-6-5-13(9-16(17)25-20(26)7-8-21(27)28)15-12-24-33-22(15)14-10-18(30-2)23(32-4)19(11-14)31-3/h5-6,9-12H,7-8H2,1-4H3,(H,25,26)(H,27,28). The lowest BCUT2D eigenvalue weighted by molar-refractivity contribution is -0.138. The van der Waals surface area contributed by atoms with Gasteiger partial charge in [0.25, 0.3) is 0 Å². The number of hydrogen-bond donors (Lipinski definition) is 2. The Hall–Kier alpha value is -4.21. The maximum absolute atomic E-state index is 12.2. The van der Waals surface area contributed by atoms with Gasteiger partial charge in [0.15, 0.2) is 17.3 Å². The molecule has 0 aliphatic rings. The Morgan fingerprint density at radius 1 is 0.909 bits per heavy atom. The number of carbonyl (C=O) groups is 2. The molecule has 0 aliphatic carbocycles.